The topological polar surface area (TPSA) is 60.2 Å². The third-order valence-electron chi connectivity index (χ3n) is 3.99. The van der Waals surface area contributed by atoms with Crippen LogP contribution in [0.3, 0.4) is 0 Å². The molecule has 0 bridgehead atoms. The number of aromatic nitrogens is 2. The van der Waals surface area contributed by atoms with Gasteiger partial charge in [0.05, 0.1) is 0 Å². The van der Waals surface area contributed by atoms with Gasteiger partial charge in [-0.1, -0.05) is 12.1 Å². The predicted molar refractivity (Wildman–Crippen MR) is 103 cm³/mol. The van der Waals surface area contributed by atoms with E-state index >= 15 is 0 Å². The Labute approximate surface area is 160 Å². The summed E-state index contributed by atoms with van der Waals surface area (Å²) in [5.41, 5.74) is 4.03. The molecule has 0 spiro atoms. The Bertz CT molecular complexity index is 1120. The van der Waals surface area contributed by atoms with Crippen molar-refractivity contribution in [1.82, 2.24) is 9.97 Å². The number of halogens is 2. The molecule has 0 atom stereocenters. The van der Waals surface area contributed by atoms with E-state index in [1.807, 2.05) is 37.3 Å². The van der Waals surface area contributed by atoms with Crippen LogP contribution in [0.2, 0.25) is 0 Å². The number of nitrogens with zero attached hydrogens (tertiary/aromatic N) is 2. The Balaban J connectivity index is 1.52. The summed E-state index contributed by atoms with van der Waals surface area (Å²) in [6.07, 6.45) is -1.50. The quantitative estimate of drug-likeness (QED) is 0.464. The minimum absolute atomic E-state index is 0.0744. The number of ether oxygens (including phenoxy) is 1. The summed E-state index contributed by atoms with van der Waals surface area (Å²) < 4.78 is 36.1. The SMILES string of the molecule is Cc1nc2cc(-c3ccc(Nc4cccc(OC(C)(F)F)c4)nc3)ccc2o1. The molecule has 142 valence electrons. The lowest BCUT2D eigenvalue weighted by Gasteiger charge is -2.14. The Morgan fingerprint density at radius 2 is 1.86 bits per heavy atom. The molecule has 0 radical (unpaired) electrons. The number of fused-ring (bicyclic) bond motifs is 1. The fourth-order valence-electron chi connectivity index (χ4n) is 2.85. The van der Waals surface area contributed by atoms with Crippen molar-refractivity contribution in [2.45, 2.75) is 20.0 Å². The first-order valence-electron chi connectivity index (χ1n) is 8.63. The second-order valence-corrected chi connectivity index (χ2v) is 6.41. The number of oxazole rings is 1. The lowest BCUT2D eigenvalue weighted by atomic mass is 10.1. The van der Waals surface area contributed by atoms with Gasteiger partial charge in [0.25, 0.3) is 0 Å². The third kappa shape index (κ3) is 4.09. The molecule has 7 heteroatoms. The maximum absolute atomic E-state index is 13.0. The van der Waals surface area contributed by atoms with Crippen LogP contribution in [0.25, 0.3) is 22.2 Å². The minimum atomic E-state index is -3.23. The van der Waals surface area contributed by atoms with Crippen LogP contribution in [0.4, 0.5) is 20.3 Å². The molecule has 1 N–H and O–H groups in total. The Morgan fingerprint density at radius 3 is 2.61 bits per heavy atom. The van der Waals surface area contributed by atoms with Crippen molar-refractivity contribution in [3.05, 3.63) is 66.7 Å². The number of rotatable bonds is 5. The first-order valence-corrected chi connectivity index (χ1v) is 8.63. The van der Waals surface area contributed by atoms with Gasteiger partial charge < -0.3 is 14.5 Å². The number of benzene rings is 2. The Kier molecular flexibility index (Phi) is 4.43. The van der Waals surface area contributed by atoms with Crippen LogP contribution >= 0.6 is 0 Å². The zero-order chi connectivity index (χ0) is 19.7. The highest BCUT2D eigenvalue weighted by Gasteiger charge is 2.23. The molecular weight excluding hydrogens is 364 g/mol. The predicted octanol–water partition coefficient (Wildman–Crippen LogP) is 5.93. The lowest BCUT2D eigenvalue weighted by Crippen LogP contribution is -2.19. The van der Waals surface area contributed by atoms with Crippen LogP contribution in [0.5, 0.6) is 5.75 Å². The van der Waals surface area contributed by atoms with E-state index in [9.17, 15) is 8.78 Å². The van der Waals surface area contributed by atoms with Gasteiger partial charge in [0, 0.05) is 37.4 Å². The van der Waals surface area contributed by atoms with E-state index in [2.05, 4.69) is 20.0 Å². The van der Waals surface area contributed by atoms with Crippen LogP contribution in [-0.2, 0) is 0 Å². The fourth-order valence-corrected chi connectivity index (χ4v) is 2.85. The number of hydrogen-bond donors (Lipinski definition) is 1. The summed E-state index contributed by atoms with van der Waals surface area (Å²) in [7, 11) is 0. The van der Waals surface area contributed by atoms with Gasteiger partial charge in [0.15, 0.2) is 11.5 Å². The second-order valence-electron chi connectivity index (χ2n) is 6.41. The van der Waals surface area contributed by atoms with E-state index < -0.39 is 6.11 Å². The van der Waals surface area contributed by atoms with Crippen molar-refractivity contribution in [3.63, 3.8) is 0 Å². The molecule has 0 aliphatic carbocycles. The summed E-state index contributed by atoms with van der Waals surface area (Å²) in [4.78, 5) is 8.74. The van der Waals surface area contributed by atoms with Crippen molar-refractivity contribution < 1.29 is 17.9 Å². The fraction of sp³-hybridized carbons (Fsp3) is 0.143. The Morgan fingerprint density at radius 1 is 1.04 bits per heavy atom. The summed E-state index contributed by atoms with van der Waals surface area (Å²) in [5.74, 6) is 1.28. The molecule has 28 heavy (non-hydrogen) atoms. The first-order chi connectivity index (χ1) is 13.4. The standard InChI is InChI=1S/C21H17F2N3O2/c1-13-25-18-10-14(6-8-19(18)27-13)15-7-9-20(24-12-15)26-16-4-3-5-17(11-16)28-21(2,22)23/h3-12H,1-2H3,(H,24,26). The van der Waals surface area contributed by atoms with Crippen LogP contribution in [0.15, 0.2) is 65.2 Å². The number of aryl methyl sites for hydroxylation is 1. The molecule has 0 saturated heterocycles. The third-order valence-corrected chi connectivity index (χ3v) is 3.99. The van der Waals surface area contributed by atoms with Crippen molar-refractivity contribution in [1.29, 1.82) is 0 Å². The van der Waals surface area contributed by atoms with Gasteiger partial charge in [-0.15, -0.1) is 0 Å². The highest BCUT2D eigenvalue weighted by Crippen LogP contribution is 2.27. The molecule has 0 aliphatic heterocycles. The molecule has 0 fully saturated rings. The van der Waals surface area contributed by atoms with Gasteiger partial charge in [0.2, 0.25) is 0 Å². The Hall–Kier alpha value is -3.48. The summed E-state index contributed by atoms with van der Waals surface area (Å²) in [6, 6.07) is 15.9. The van der Waals surface area contributed by atoms with E-state index in [0.717, 1.165) is 22.2 Å². The number of hydrogen-bond acceptors (Lipinski definition) is 5. The molecule has 0 unspecified atom stereocenters. The maximum Gasteiger partial charge on any atom is 0.394 e. The average Bonchev–Trinajstić information content (AvgIpc) is 3.00. The number of pyridine rings is 1. The lowest BCUT2D eigenvalue weighted by molar-refractivity contribution is -0.158. The smallest absolute Gasteiger partial charge is 0.394 e. The molecule has 2 aromatic carbocycles. The van der Waals surface area contributed by atoms with Gasteiger partial charge >= 0.3 is 6.11 Å². The first kappa shape index (κ1) is 17.9. The summed E-state index contributed by atoms with van der Waals surface area (Å²) in [6.45, 7) is 2.51. The average molecular weight is 381 g/mol. The largest absolute Gasteiger partial charge is 0.441 e. The molecule has 0 amide bonds. The second kappa shape index (κ2) is 6.92. The monoisotopic (exact) mass is 381 g/mol. The number of alkyl halides is 2. The van der Waals surface area contributed by atoms with Gasteiger partial charge in [-0.3, -0.25) is 0 Å². The molecule has 5 nitrogen and oxygen atoms in total. The summed E-state index contributed by atoms with van der Waals surface area (Å²) in [5, 5.41) is 3.08. The molecule has 4 aromatic rings. The van der Waals surface area contributed by atoms with E-state index in [1.54, 1.807) is 18.3 Å². The highest BCUT2D eigenvalue weighted by molar-refractivity contribution is 5.80. The van der Waals surface area contributed by atoms with E-state index in [0.29, 0.717) is 24.3 Å². The van der Waals surface area contributed by atoms with Crippen molar-refractivity contribution >= 4 is 22.6 Å². The number of nitrogens with one attached hydrogen (secondary N) is 1. The molecule has 2 aromatic heterocycles. The van der Waals surface area contributed by atoms with Crippen molar-refractivity contribution in [2.75, 3.05) is 5.32 Å². The molecular formula is C21H17F2N3O2. The highest BCUT2D eigenvalue weighted by atomic mass is 19.3. The van der Waals surface area contributed by atoms with Gasteiger partial charge in [-0.25, -0.2) is 9.97 Å². The van der Waals surface area contributed by atoms with Gasteiger partial charge in [-0.2, -0.15) is 8.78 Å². The van der Waals surface area contributed by atoms with E-state index in [1.165, 1.54) is 12.1 Å². The van der Waals surface area contributed by atoms with Gasteiger partial charge in [0.1, 0.15) is 17.1 Å². The molecule has 4 rings (SSSR count). The van der Waals surface area contributed by atoms with E-state index in [-0.39, 0.29) is 5.75 Å². The normalized spacial score (nSPS) is 11.6. The van der Waals surface area contributed by atoms with Crippen molar-refractivity contribution in [3.8, 4) is 16.9 Å². The molecule has 2 heterocycles. The van der Waals surface area contributed by atoms with Gasteiger partial charge in [-0.05, 0) is 42.0 Å². The van der Waals surface area contributed by atoms with E-state index in [4.69, 9.17) is 4.42 Å². The van der Waals surface area contributed by atoms with Crippen LogP contribution in [-0.4, -0.2) is 16.1 Å². The number of anilines is 2. The molecule has 0 saturated carbocycles. The maximum atomic E-state index is 13.0. The van der Waals surface area contributed by atoms with Crippen LogP contribution < -0.4 is 10.1 Å². The molecule has 0 aliphatic rings. The summed E-state index contributed by atoms with van der Waals surface area (Å²) >= 11 is 0. The van der Waals surface area contributed by atoms with Crippen LogP contribution in [0.1, 0.15) is 12.8 Å². The zero-order valence-corrected chi connectivity index (χ0v) is 15.2. The zero-order valence-electron chi connectivity index (χ0n) is 15.2. The van der Waals surface area contributed by atoms with Crippen LogP contribution in [0, 0.1) is 6.92 Å². The minimum Gasteiger partial charge on any atom is -0.441 e. The van der Waals surface area contributed by atoms with Crippen molar-refractivity contribution in [2.24, 2.45) is 0 Å².